The van der Waals surface area contributed by atoms with Gasteiger partial charge in [-0.15, -0.1) is 0 Å². The second-order valence-electron chi connectivity index (χ2n) is 8.35. The highest BCUT2D eigenvalue weighted by molar-refractivity contribution is 7.93. The summed E-state index contributed by atoms with van der Waals surface area (Å²) in [5, 5.41) is 1.80. The maximum Gasteiger partial charge on any atom is 0.265 e. The van der Waals surface area contributed by atoms with E-state index in [4.69, 9.17) is 0 Å². The van der Waals surface area contributed by atoms with Gasteiger partial charge in [0.2, 0.25) is 0 Å². The molecule has 3 aromatic rings. The summed E-state index contributed by atoms with van der Waals surface area (Å²) in [6.07, 6.45) is 0.764. The van der Waals surface area contributed by atoms with Gasteiger partial charge in [-0.25, -0.2) is 12.8 Å². The van der Waals surface area contributed by atoms with E-state index in [0.29, 0.717) is 11.4 Å². The smallest absolute Gasteiger partial charge is 0.265 e. The fraction of sp³-hybridized carbons (Fsp3) is 0.333. The molecule has 0 radical (unpaired) electrons. The van der Waals surface area contributed by atoms with Gasteiger partial charge in [-0.05, 0) is 55.1 Å². The van der Waals surface area contributed by atoms with Crippen LogP contribution in [0, 0.1) is 5.82 Å². The van der Waals surface area contributed by atoms with Crippen molar-refractivity contribution >= 4 is 32.2 Å². The molecule has 2 heterocycles. The van der Waals surface area contributed by atoms with Gasteiger partial charge in [-0.1, -0.05) is 24.3 Å². The topological polar surface area (TPSA) is 43.9 Å². The van der Waals surface area contributed by atoms with E-state index in [-0.39, 0.29) is 11.9 Å². The van der Waals surface area contributed by atoms with Crippen LogP contribution in [0.1, 0.15) is 13.3 Å². The average Bonchev–Trinajstić information content (AvgIpc) is 3.01. The third kappa shape index (κ3) is 3.55. The van der Waals surface area contributed by atoms with Crippen LogP contribution in [0.25, 0.3) is 10.8 Å². The Morgan fingerprint density at radius 2 is 1.61 bits per heavy atom. The van der Waals surface area contributed by atoms with E-state index in [1.54, 1.807) is 10.4 Å². The SMILES string of the molecule is CC(CCN1c2cccc3cccc(c23)S1(=O)=O)N1CCN(c2ccc(F)cc2)CC1. The van der Waals surface area contributed by atoms with E-state index in [2.05, 4.69) is 16.7 Å². The van der Waals surface area contributed by atoms with E-state index in [1.807, 2.05) is 42.5 Å². The summed E-state index contributed by atoms with van der Waals surface area (Å²) in [6.45, 7) is 6.20. The molecule has 0 bridgehead atoms. The quantitative estimate of drug-likeness (QED) is 0.601. The first-order valence-corrected chi connectivity index (χ1v) is 12.2. The summed E-state index contributed by atoms with van der Waals surface area (Å²) in [6, 6.07) is 18.2. The monoisotopic (exact) mass is 439 g/mol. The molecule has 0 spiro atoms. The Balaban J connectivity index is 1.24. The van der Waals surface area contributed by atoms with Gasteiger partial charge in [0.1, 0.15) is 5.82 Å². The summed E-state index contributed by atoms with van der Waals surface area (Å²) in [5.74, 6) is -0.217. The van der Waals surface area contributed by atoms with E-state index < -0.39 is 10.0 Å². The predicted molar refractivity (Wildman–Crippen MR) is 123 cm³/mol. The van der Waals surface area contributed by atoms with Crippen LogP contribution in [0.2, 0.25) is 0 Å². The lowest BCUT2D eigenvalue weighted by atomic mass is 10.1. The lowest BCUT2D eigenvalue weighted by molar-refractivity contribution is 0.190. The van der Waals surface area contributed by atoms with Crippen molar-refractivity contribution in [2.24, 2.45) is 0 Å². The molecule has 0 aliphatic carbocycles. The van der Waals surface area contributed by atoms with Gasteiger partial charge in [0.05, 0.1) is 10.6 Å². The van der Waals surface area contributed by atoms with Crippen molar-refractivity contribution in [1.82, 2.24) is 4.90 Å². The van der Waals surface area contributed by atoms with E-state index in [9.17, 15) is 12.8 Å². The van der Waals surface area contributed by atoms with Crippen molar-refractivity contribution < 1.29 is 12.8 Å². The highest BCUT2D eigenvalue weighted by Gasteiger charge is 2.35. The van der Waals surface area contributed by atoms with Gasteiger partial charge >= 0.3 is 0 Å². The van der Waals surface area contributed by atoms with Gasteiger partial charge in [0, 0.05) is 49.8 Å². The molecule has 0 amide bonds. The third-order valence-electron chi connectivity index (χ3n) is 6.56. The molecule has 3 aromatic carbocycles. The largest absolute Gasteiger partial charge is 0.369 e. The first-order valence-electron chi connectivity index (χ1n) is 10.7. The number of hydrogen-bond donors (Lipinski definition) is 0. The Labute approximate surface area is 182 Å². The second-order valence-corrected chi connectivity index (χ2v) is 10.2. The number of sulfonamides is 1. The molecule has 5 nitrogen and oxygen atoms in total. The molecule has 7 heteroatoms. The Bertz CT molecular complexity index is 1200. The van der Waals surface area contributed by atoms with Crippen molar-refractivity contribution in [3.05, 3.63) is 66.5 Å². The van der Waals surface area contributed by atoms with Crippen LogP contribution in [0.4, 0.5) is 15.8 Å². The van der Waals surface area contributed by atoms with Crippen LogP contribution < -0.4 is 9.21 Å². The highest BCUT2D eigenvalue weighted by Crippen LogP contribution is 2.42. The van der Waals surface area contributed by atoms with Gasteiger partial charge < -0.3 is 4.90 Å². The second kappa shape index (κ2) is 7.80. The first kappa shape index (κ1) is 20.3. The van der Waals surface area contributed by atoms with Crippen molar-refractivity contribution in [1.29, 1.82) is 0 Å². The Hall–Kier alpha value is -2.64. The van der Waals surface area contributed by atoms with Crippen molar-refractivity contribution in [3.8, 4) is 0 Å². The van der Waals surface area contributed by atoms with Crippen LogP contribution in [-0.4, -0.2) is 52.1 Å². The van der Waals surface area contributed by atoms with Gasteiger partial charge in [0.15, 0.2) is 0 Å². The first-order chi connectivity index (χ1) is 14.9. The Morgan fingerprint density at radius 3 is 2.32 bits per heavy atom. The lowest BCUT2D eigenvalue weighted by Gasteiger charge is -2.39. The molecule has 2 aliphatic heterocycles. The maximum absolute atomic E-state index is 13.2. The summed E-state index contributed by atoms with van der Waals surface area (Å²) in [5.41, 5.74) is 1.84. The maximum atomic E-state index is 13.2. The molecule has 1 unspecified atom stereocenters. The zero-order chi connectivity index (χ0) is 21.6. The number of nitrogens with zero attached hydrogens (tertiary/aromatic N) is 3. The van der Waals surface area contributed by atoms with Crippen molar-refractivity contribution in [2.75, 3.05) is 41.9 Å². The number of benzene rings is 3. The van der Waals surface area contributed by atoms with E-state index in [0.717, 1.165) is 54.7 Å². The van der Waals surface area contributed by atoms with E-state index in [1.165, 1.54) is 12.1 Å². The molecule has 5 rings (SSSR count). The molecular formula is C24H26FN3O2S. The number of anilines is 2. The number of hydrogen-bond acceptors (Lipinski definition) is 4. The normalized spacial score (nSPS) is 19.2. The Morgan fingerprint density at radius 1 is 0.935 bits per heavy atom. The third-order valence-corrected chi connectivity index (χ3v) is 8.42. The minimum Gasteiger partial charge on any atom is -0.369 e. The van der Waals surface area contributed by atoms with Crippen LogP contribution in [-0.2, 0) is 10.0 Å². The minimum atomic E-state index is -3.50. The highest BCUT2D eigenvalue weighted by atomic mass is 32.2. The zero-order valence-electron chi connectivity index (χ0n) is 17.5. The van der Waals surface area contributed by atoms with E-state index >= 15 is 0 Å². The molecule has 162 valence electrons. The van der Waals surface area contributed by atoms with Gasteiger partial charge in [-0.2, -0.15) is 0 Å². The zero-order valence-corrected chi connectivity index (χ0v) is 18.4. The molecule has 2 aliphatic rings. The fourth-order valence-corrected chi connectivity index (χ4v) is 6.48. The van der Waals surface area contributed by atoms with Gasteiger partial charge in [0.25, 0.3) is 10.0 Å². The number of piperazine rings is 1. The molecule has 1 atom stereocenters. The van der Waals surface area contributed by atoms with Crippen LogP contribution in [0.15, 0.2) is 65.6 Å². The number of halogens is 1. The standard InChI is InChI=1S/C24H26FN3O2S/c1-18(26-14-16-27(17-15-26)21-10-8-20(25)9-11-21)12-13-28-22-6-2-4-19-5-3-7-23(24(19)22)31(28,29)30/h2-11,18H,12-17H2,1H3. The fourth-order valence-electron chi connectivity index (χ4n) is 4.76. The van der Waals surface area contributed by atoms with Gasteiger partial charge in [-0.3, -0.25) is 9.21 Å². The predicted octanol–water partition coefficient (Wildman–Crippen LogP) is 4.09. The molecule has 31 heavy (non-hydrogen) atoms. The summed E-state index contributed by atoms with van der Waals surface area (Å²) in [4.78, 5) is 5.10. The molecule has 1 saturated heterocycles. The summed E-state index contributed by atoms with van der Waals surface area (Å²) >= 11 is 0. The summed E-state index contributed by atoms with van der Waals surface area (Å²) < 4.78 is 41.1. The Kier molecular flexibility index (Phi) is 5.10. The average molecular weight is 440 g/mol. The molecule has 0 saturated carbocycles. The van der Waals surface area contributed by atoms with Crippen LogP contribution >= 0.6 is 0 Å². The van der Waals surface area contributed by atoms with Crippen molar-refractivity contribution in [3.63, 3.8) is 0 Å². The van der Waals surface area contributed by atoms with Crippen LogP contribution in [0.5, 0.6) is 0 Å². The summed E-state index contributed by atoms with van der Waals surface area (Å²) in [7, 11) is -3.50. The minimum absolute atomic E-state index is 0.217. The van der Waals surface area contributed by atoms with Crippen LogP contribution in [0.3, 0.4) is 0 Å². The van der Waals surface area contributed by atoms with Crippen molar-refractivity contribution in [2.45, 2.75) is 24.3 Å². The molecule has 0 aromatic heterocycles. The number of rotatable bonds is 5. The lowest BCUT2D eigenvalue weighted by Crippen LogP contribution is -2.50. The molecule has 1 fully saturated rings. The molecule has 0 N–H and O–H groups in total. The molecular weight excluding hydrogens is 413 g/mol.